The summed E-state index contributed by atoms with van der Waals surface area (Å²) in [6, 6.07) is 12.7. The Balaban J connectivity index is 1.57. The summed E-state index contributed by atoms with van der Waals surface area (Å²) in [5.41, 5.74) is 2.84. The van der Waals surface area contributed by atoms with Gasteiger partial charge in [-0.05, 0) is 41.5 Å². The number of benzene rings is 2. The third-order valence-corrected chi connectivity index (χ3v) is 6.14. The van der Waals surface area contributed by atoms with Gasteiger partial charge in [0.1, 0.15) is 5.75 Å². The summed E-state index contributed by atoms with van der Waals surface area (Å²) in [5, 5.41) is 4.05. The number of hydrogen-bond acceptors (Lipinski definition) is 6. The topological polar surface area (TPSA) is 82.3 Å². The second kappa shape index (κ2) is 6.57. The van der Waals surface area contributed by atoms with Gasteiger partial charge in [-0.15, -0.1) is 0 Å². The van der Waals surface area contributed by atoms with E-state index in [4.69, 9.17) is 9.26 Å². The van der Waals surface area contributed by atoms with E-state index in [0.717, 1.165) is 28.9 Å². The second-order valence-corrected chi connectivity index (χ2v) is 8.44. The van der Waals surface area contributed by atoms with Crippen LogP contribution in [0.3, 0.4) is 0 Å². The molecule has 7 heteroatoms. The highest BCUT2D eigenvalue weighted by Gasteiger charge is 2.16. The van der Waals surface area contributed by atoms with E-state index < -0.39 is 9.84 Å². The Kier molecular flexibility index (Phi) is 4.24. The van der Waals surface area contributed by atoms with Crippen molar-refractivity contribution in [3.8, 4) is 17.1 Å². The van der Waals surface area contributed by atoms with Crippen LogP contribution in [0, 0.1) is 0 Å². The number of aromatic nitrogens is 2. The minimum Gasteiger partial charge on any atom is -0.493 e. The highest BCUT2D eigenvalue weighted by molar-refractivity contribution is 7.91. The van der Waals surface area contributed by atoms with E-state index in [1.807, 2.05) is 24.3 Å². The Morgan fingerprint density at radius 3 is 2.88 bits per heavy atom. The Morgan fingerprint density at radius 2 is 2.04 bits per heavy atom. The van der Waals surface area contributed by atoms with E-state index in [2.05, 4.69) is 10.1 Å². The van der Waals surface area contributed by atoms with Gasteiger partial charge >= 0.3 is 0 Å². The number of sulfone groups is 1. The van der Waals surface area contributed by atoms with E-state index in [0.29, 0.717) is 29.6 Å². The first-order valence-corrected chi connectivity index (χ1v) is 10.1. The van der Waals surface area contributed by atoms with Gasteiger partial charge in [0.05, 0.1) is 23.7 Å². The molecule has 2 heterocycles. The summed E-state index contributed by atoms with van der Waals surface area (Å²) in [7, 11) is -3.24. The summed E-state index contributed by atoms with van der Waals surface area (Å²) in [6.45, 7) is 2.33. The van der Waals surface area contributed by atoms with Crippen molar-refractivity contribution in [1.29, 1.82) is 0 Å². The zero-order valence-electron chi connectivity index (χ0n) is 14.3. The van der Waals surface area contributed by atoms with Crippen molar-refractivity contribution in [2.75, 3.05) is 12.4 Å². The van der Waals surface area contributed by atoms with Crippen LogP contribution in [0.25, 0.3) is 11.4 Å². The molecule has 0 spiro atoms. The quantitative estimate of drug-likeness (QED) is 0.686. The minimum atomic E-state index is -3.24. The number of fused-ring (bicyclic) bond motifs is 1. The SMILES string of the molecule is CCS(=O)(=O)c1cccc(Cc2nc(-c3ccc4c(c3)CCO4)no2)c1. The van der Waals surface area contributed by atoms with Crippen LogP contribution in [0.4, 0.5) is 0 Å². The van der Waals surface area contributed by atoms with E-state index in [1.165, 1.54) is 0 Å². The Bertz CT molecular complexity index is 1060. The summed E-state index contributed by atoms with van der Waals surface area (Å²) < 4.78 is 34.9. The standard InChI is InChI=1S/C19H18N2O4S/c1-2-26(22,23)16-5-3-4-13(10-16)11-18-20-19(21-25-18)15-6-7-17-14(12-15)8-9-24-17/h3-7,10,12H,2,8-9,11H2,1H3. The van der Waals surface area contributed by atoms with Crippen LogP contribution in [0.5, 0.6) is 5.75 Å². The molecule has 26 heavy (non-hydrogen) atoms. The Hall–Kier alpha value is -2.67. The molecular formula is C19H18N2O4S. The normalized spacial score (nSPS) is 13.4. The van der Waals surface area contributed by atoms with Crippen LogP contribution < -0.4 is 4.74 Å². The molecule has 0 aliphatic carbocycles. The summed E-state index contributed by atoms with van der Waals surface area (Å²) in [5.74, 6) is 1.95. The third-order valence-electron chi connectivity index (χ3n) is 4.41. The lowest BCUT2D eigenvalue weighted by Gasteiger charge is -2.03. The molecule has 0 atom stereocenters. The van der Waals surface area contributed by atoms with Crippen LogP contribution in [-0.4, -0.2) is 30.9 Å². The molecule has 1 aromatic heterocycles. The Morgan fingerprint density at radius 1 is 1.15 bits per heavy atom. The van der Waals surface area contributed by atoms with Gasteiger partial charge in [-0.3, -0.25) is 0 Å². The lowest BCUT2D eigenvalue weighted by atomic mass is 10.1. The number of nitrogens with zero attached hydrogens (tertiary/aromatic N) is 2. The zero-order chi connectivity index (χ0) is 18.1. The minimum absolute atomic E-state index is 0.0726. The first kappa shape index (κ1) is 16.8. The van der Waals surface area contributed by atoms with Crippen LogP contribution in [-0.2, 0) is 22.7 Å². The first-order valence-electron chi connectivity index (χ1n) is 8.45. The van der Waals surface area contributed by atoms with Crippen molar-refractivity contribution in [2.45, 2.75) is 24.7 Å². The number of ether oxygens (including phenoxy) is 1. The van der Waals surface area contributed by atoms with Crippen molar-refractivity contribution in [3.63, 3.8) is 0 Å². The van der Waals surface area contributed by atoms with Gasteiger partial charge in [0, 0.05) is 12.0 Å². The summed E-state index contributed by atoms with van der Waals surface area (Å²) >= 11 is 0. The van der Waals surface area contributed by atoms with Crippen LogP contribution in [0.2, 0.25) is 0 Å². The maximum Gasteiger partial charge on any atom is 0.231 e. The summed E-state index contributed by atoms with van der Waals surface area (Å²) in [4.78, 5) is 4.76. The molecule has 2 aromatic carbocycles. The van der Waals surface area contributed by atoms with Gasteiger partial charge < -0.3 is 9.26 Å². The molecule has 0 amide bonds. The molecule has 0 unspecified atom stereocenters. The van der Waals surface area contributed by atoms with Crippen molar-refractivity contribution in [1.82, 2.24) is 10.1 Å². The second-order valence-electron chi connectivity index (χ2n) is 6.16. The van der Waals surface area contributed by atoms with Crippen LogP contribution in [0.15, 0.2) is 51.9 Å². The van der Waals surface area contributed by atoms with E-state index in [9.17, 15) is 8.42 Å². The van der Waals surface area contributed by atoms with Crippen molar-refractivity contribution < 1.29 is 17.7 Å². The predicted molar refractivity (Wildman–Crippen MR) is 95.9 cm³/mol. The monoisotopic (exact) mass is 370 g/mol. The number of rotatable bonds is 5. The van der Waals surface area contributed by atoms with Gasteiger partial charge in [0.2, 0.25) is 11.7 Å². The molecule has 4 rings (SSSR count). The fourth-order valence-electron chi connectivity index (χ4n) is 2.96. The largest absolute Gasteiger partial charge is 0.493 e. The third kappa shape index (κ3) is 3.22. The van der Waals surface area contributed by atoms with Crippen molar-refractivity contribution >= 4 is 9.84 Å². The molecular weight excluding hydrogens is 352 g/mol. The maximum atomic E-state index is 12.0. The molecule has 0 saturated heterocycles. The molecule has 0 fully saturated rings. The molecule has 134 valence electrons. The zero-order valence-corrected chi connectivity index (χ0v) is 15.1. The van der Waals surface area contributed by atoms with Gasteiger partial charge in [-0.1, -0.05) is 24.2 Å². The molecule has 1 aliphatic heterocycles. The van der Waals surface area contributed by atoms with E-state index in [-0.39, 0.29) is 5.75 Å². The van der Waals surface area contributed by atoms with Crippen molar-refractivity contribution in [3.05, 3.63) is 59.5 Å². The van der Waals surface area contributed by atoms with Crippen molar-refractivity contribution in [2.24, 2.45) is 0 Å². The lowest BCUT2D eigenvalue weighted by Crippen LogP contribution is -2.04. The van der Waals surface area contributed by atoms with Gasteiger partial charge in [0.25, 0.3) is 0 Å². The fraction of sp³-hybridized carbons (Fsp3) is 0.263. The smallest absolute Gasteiger partial charge is 0.231 e. The molecule has 0 bridgehead atoms. The average Bonchev–Trinajstić information content (AvgIpc) is 3.30. The van der Waals surface area contributed by atoms with E-state index >= 15 is 0 Å². The Labute approximate surface area is 151 Å². The maximum absolute atomic E-state index is 12.0. The first-order chi connectivity index (χ1) is 12.5. The average molecular weight is 370 g/mol. The van der Waals surface area contributed by atoms with Crippen LogP contribution >= 0.6 is 0 Å². The molecule has 0 saturated carbocycles. The fourth-order valence-corrected chi connectivity index (χ4v) is 3.91. The highest BCUT2D eigenvalue weighted by atomic mass is 32.2. The van der Waals surface area contributed by atoms with Gasteiger partial charge in [-0.25, -0.2) is 8.42 Å². The number of hydrogen-bond donors (Lipinski definition) is 0. The molecule has 0 N–H and O–H groups in total. The van der Waals surface area contributed by atoms with Gasteiger partial charge in [0.15, 0.2) is 9.84 Å². The molecule has 6 nitrogen and oxygen atoms in total. The molecule has 1 aliphatic rings. The van der Waals surface area contributed by atoms with Crippen LogP contribution in [0.1, 0.15) is 23.9 Å². The summed E-state index contributed by atoms with van der Waals surface area (Å²) in [6.07, 6.45) is 1.26. The van der Waals surface area contributed by atoms with Gasteiger partial charge in [-0.2, -0.15) is 4.98 Å². The highest BCUT2D eigenvalue weighted by Crippen LogP contribution is 2.29. The predicted octanol–water partition coefficient (Wildman–Crippen LogP) is 3.06. The van der Waals surface area contributed by atoms with E-state index in [1.54, 1.807) is 25.1 Å². The molecule has 3 aromatic rings. The lowest BCUT2D eigenvalue weighted by molar-refractivity contribution is 0.357. The molecule has 0 radical (unpaired) electrons.